The Bertz CT molecular complexity index is 1510. The Balaban J connectivity index is 0.000000122. The van der Waals surface area contributed by atoms with Crippen LogP contribution in [0, 0.1) is 0 Å². The summed E-state index contributed by atoms with van der Waals surface area (Å²) in [6.07, 6.45) is 7.14. The summed E-state index contributed by atoms with van der Waals surface area (Å²) in [5.41, 5.74) is 1.03. The summed E-state index contributed by atoms with van der Waals surface area (Å²) < 4.78 is 73.5. The smallest absolute Gasteiger partial charge is 0.264 e. The van der Waals surface area contributed by atoms with Gasteiger partial charge in [-0.1, -0.05) is 26.0 Å². The van der Waals surface area contributed by atoms with E-state index in [4.69, 9.17) is 18.9 Å². The minimum Gasteiger partial charge on any atom is -0.454 e. The summed E-state index contributed by atoms with van der Waals surface area (Å²) in [4.78, 5) is 0.649. The number of rotatable bonds is 0. The van der Waals surface area contributed by atoms with Crippen LogP contribution in [0.4, 0.5) is 0 Å². The van der Waals surface area contributed by atoms with E-state index in [0.717, 1.165) is 11.1 Å². The number of sulfonamides is 2. The molecule has 10 nitrogen and oxygen atoms in total. The van der Waals surface area contributed by atoms with Crippen molar-refractivity contribution < 1.29 is 35.8 Å². The van der Waals surface area contributed by atoms with Crippen molar-refractivity contribution in [3.8, 4) is 23.0 Å². The zero-order valence-corrected chi connectivity index (χ0v) is 21.1. The number of hydrogen-bond acceptors (Lipinski definition) is 8. The topological polar surface area (TPSA) is 112 Å². The molecule has 6 heterocycles. The van der Waals surface area contributed by atoms with Crippen LogP contribution in [-0.2, 0) is 30.9 Å². The van der Waals surface area contributed by atoms with E-state index in [1.807, 2.05) is 26.0 Å². The van der Waals surface area contributed by atoms with E-state index in [2.05, 4.69) is 0 Å². The summed E-state index contributed by atoms with van der Waals surface area (Å²) in [7, 11) is -6.88. The van der Waals surface area contributed by atoms with Gasteiger partial charge in [0.15, 0.2) is 23.0 Å². The number of fused-ring (bicyclic) bond motifs is 10. The van der Waals surface area contributed by atoms with Crippen molar-refractivity contribution in [2.24, 2.45) is 0 Å². The lowest BCUT2D eigenvalue weighted by Crippen LogP contribution is -2.39. The Labute approximate surface area is 208 Å². The molecule has 2 aromatic rings. The standard InChI is InChI=1S/2C12H11NO4S/c2*1-12-2-3-13(6-12)18(14,15)11-5-10-9(4-8(11)12)16-7-17-10/h2*2-5H,6-7H2,1H3/t2*12-/m10/s1. The Kier molecular flexibility index (Phi) is 4.06. The molecule has 0 saturated heterocycles. The fourth-order valence-corrected chi connectivity index (χ4v) is 8.93. The molecule has 0 N–H and O–H groups in total. The highest BCUT2D eigenvalue weighted by molar-refractivity contribution is 7.89. The van der Waals surface area contributed by atoms with E-state index < -0.39 is 20.0 Å². The van der Waals surface area contributed by atoms with E-state index in [-0.39, 0.29) is 24.4 Å². The highest BCUT2D eigenvalue weighted by Gasteiger charge is 2.47. The molecule has 0 aliphatic carbocycles. The molecule has 0 radical (unpaired) electrons. The van der Waals surface area contributed by atoms with Gasteiger partial charge in [0, 0.05) is 48.5 Å². The van der Waals surface area contributed by atoms with Gasteiger partial charge in [-0.2, -0.15) is 0 Å². The van der Waals surface area contributed by atoms with Crippen molar-refractivity contribution in [3.63, 3.8) is 0 Å². The maximum absolute atomic E-state index is 12.4. The van der Waals surface area contributed by atoms with Gasteiger partial charge in [0.05, 0.1) is 9.79 Å². The highest BCUT2D eigenvalue weighted by Crippen LogP contribution is 2.49. The molecule has 6 aliphatic heterocycles. The van der Waals surface area contributed by atoms with Gasteiger partial charge < -0.3 is 18.9 Å². The quantitative estimate of drug-likeness (QED) is 0.511. The molecular weight excluding hydrogens is 508 g/mol. The third-order valence-corrected chi connectivity index (χ3v) is 11.1. The van der Waals surface area contributed by atoms with Gasteiger partial charge in [0.1, 0.15) is 0 Å². The lowest BCUT2D eigenvalue weighted by molar-refractivity contribution is 0.173. The minimum absolute atomic E-state index is 0.147. The normalized spacial score (nSPS) is 29.5. The van der Waals surface area contributed by atoms with Gasteiger partial charge in [-0.15, -0.1) is 0 Å². The molecule has 0 saturated carbocycles. The molecule has 2 aromatic carbocycles. The van der Waals surface area contributed by atoms with E-state index in [0.29, 0.717) is 45.9 Å². The molecule has 0 aromatic heterocycles. The van der Waals surface area contributed by atoms with Crippen LogP contribution in [0.1, 0.15) is 25.0 Å². The first-order valence-electron chi connectivity index (χ1n) is 11.3. The molecule has 188 valence electrons. The maximum Gasteiger partial charge on any atom is 0.264 e. The van der Waals surface area contributed by atoms with Crippen molar-refractivity contribution >= 4 is 20.0 Å². The fraction of sp³-hybridized carbons (Fsp3) is 0.333. The third kappa shape index (κ3) is 2.76. The average molecular weight is 531 g/mol. The Morgan fingerprint density at radius 2 is 1.00 bits per heavy atom. The molecule has 2 atom stereocenters. The van der Waals surface area contributed by atoms with Gasteiger partial charge in [-0.05, 0) is 23.3 Å². The summed E-state index contributed by atoms with van der Waals surface area (Å²) in [6, 6.07) is 6.74. The molecule has 12 heteroatoms. The molecule has 0 fully saturated rings. The molecule has 36 heavy (non-hydrogen) atoms. The van der Waals surface area contributed by atoms with Crippen LogP contribution in [0.25, 0.3) is 0 Å². The first kappa shape index (κ1) is 21.9. The first-order chi connectivity index (χ1) is 17.0. The van der Waals surface area contributed by atoms with E-state index in [1.54, 1.807) is 36.7 Å². The number of hydrogen-bond donors (Lipinski definition) is 0. The second-order valence-corrected chi connectivity index (χ2v) is 13.7. The van der Waals surface area contributed by atoms with Crippen LogP contribution in [0.5, 0.6) is 23.0 Å². The number of benzene rings is 2. The second kappa shape index (κ2) is 6.68. The Hall–Kier alpha value is -3.38. The van der Waals surface area contributed by atoms with Crippen LogP contribution >= 0.6 is 0 Å². The number of ether oxygens (including phenoxy) is 4. The third-order valence-electron chi connectivity index (χ3n) is 7.54. The van der Waals surface area contributed by atoms with E-state index in [1.165, 1.54) is 8.61 Å². The van der Waals surface area contributed by atoms with Gasteiger partial charge in [0.2, 0.25) is 13.6 Å². The number of nitrogens with zero attached hydrogens (tertiary/aromatic N) is 2. The first-order valence-corrected chi connectivity index (χ1v) is 14.2. The molecule has 0 amide bonds. The van der Waals surface area contributed by atoms with Crippen LogP contribution < -0.4 is 18.9 Å². The lowest BCUT2D eigenvalue weighted by atomic mass is 9.83. The summed E-state index contributed by atoms with van der Waals surface area (Å²) in [5.74, 6) is 2.25. The Morgan fingerprint density at radius 3 is 1.39 bits per heavy atom. The average Bonchev–Trinajstić information content (AvgIpc) is 3.61. The highest BCUT2D eigenvalue weighted by atomic mass is 32.2. The van der Waals surface area contributed by atoms with E-state index >= 15 is 0 Å². The van der Waals surface area contributed by atoms with Crippen molar-refractivity contribution in [1.82, 2.24) is 8.61 Å². The summed E-state index contributed by atoms with van der Waals surface area (Å²) in [5, 5.41) is 0. The maximum atomic E-state index is 12.4. The fourth-order valence-electron chi connectivity index (χ4n) is 5.45. The zero-order chi connectivity index (χ0) is 25.1. The van der Waals surface area contributed by atoms with Crippen LogP contribution in [0.3, 0.4) is 0 Å². The molecule has 0 unspecified atom stereocenters. The van der Waals surface area contributed by atoms with E-state index in [9.17, 15) is 16.8 Å². The van der Waals surface area contributed by atoms with Gasteiger partial charge in [-0.25, -0.2) is 16.8 Å². The Morgan fingerprint density at radius 1 is 0.639 bits per heavy atom. The van der Waals surface area contributed by atoms with Crippen molar-refractivity contribution in [3.05, 3.63) is 59.9 Å². The molecule has 6 aliphatic rings. The van der Waals surface area contributed by atoms with Crippen molar-refractivity contribution in [2.45, 2.75) is 34.5 Å². The summed E-state index contributed by atoms with van der Waals surface area (Å²) in [6.45, 7) is 5.27. The van der Waals surface area contributed by atoms with Crippen molar-refractivity contribution in [2.75, 3.05) is 26.7 Å². The monoisotopic (exact) mass is 530 g/mol. The van der Waals surface area contributed by atoms with Gasteiger partial charge >= 0.3 is 0 Å². The van der Waals surface area contributed by atoms with Gasteiger partial charge in [0.25, 0.3) is 20.0 Å². The van der Waals surface area contributed by atoms with Crippen LogP contribution in [0.2, 0.25) is 0 Å². The predicted octanol–water partition coefficient (Wildman–Crippen LogP) is 2.41. The minimum atomic E-state index is -3.44. The van der Waals surface area contributed by atoms with Gasteiger partial charge in [-0.3, -0.25) is 8.61 Å². The van der Waals surface area contributed by atoms with Crippen LogP contribution in [0.15, 0.2) is 58.6 Å². The van der Waals surface area contributed by atoms with Crippen LogP contribution in [-0.4, -0.2) is 52.1 Å². The molecule has 8 rings (SSSR count). The van der Waals surface area contributed by atoms with Crippen molar-refractivity contribution in [1.29, 1.82) is 0 Å². The summed E-state index contributed by atoms with van der Waals surface area (Å²) >= 11 is 0. The SMILES string of the molecule is C[C@@]12C=CN(C1)S(=O)(=O)c1cc3c(cc12)OCO3.C[C@]12C=CN(C1)S(=O)(=O)c1cc3c(cc12)OCO3. The largest absolute Gasteiger partial charge is 0.454 e. The molecular formula is C24H22N2O8S2. The molecule has 0 spiro atoms. The second-order valence-electron chi connectivity index (χ2n) is 9.97. The predicted molar refractivity (Wildman–Crippen MR) is 126 cm³/mol. The zero-order valence-electron chi connectivity index (χ0n) is 19.4. The molecule has 4 bridgehead atoms. The lowest BCUT2D eigenvalue weighted by Gasteiger charge is -2.33.